The van der Waals surface area contributed by atoms with Crippen LogP contribution in [0.1, 0.15) is 56.2 Å². The minimum atomic E-state index is -4.09. The van der Waals surface area contributed by atoms with Crippen molar-refractivity contribution in [3.05, 3.63) is 17.2 Å². The molecule has 0 saturated heterocycles. The van der Waals surface area contributed by atoms with Crippen LogP contribution in [0.3, 0.4) is 0 Å². The summed E-state index contributed by atoms with van der Waals surface area (Å²) in [7, 11) is 0. The first kappa shape index (κ1) is 13.4. The summed E-state index contributed by atoms with van der Waals surface area (Å²) >= 11 is 0. The fourth-order valence-electron chi connectivity index (χ4n) is 2.65. The molecule has 1 aromatic heterocycles. The monoisotopic (exact) mass is 260 g/mol. The van der Waals surface area contributed by atoms with Gasteiger partial charge in [-0.1, -0.05) is 13.8 Å². The molecule has 1 atom stereocenters. The van der Waals surface area contributed by atoms with Gasteiger partial charge in [0.1, 0.15) is 5.82 Å². The van der Waals surface area contributed by atoms with Gasteiger partial charge >= 0.3 is 6.18 Å². The lowest BCUT2D eigenvalue weighted by Crippen LogP contribution is -2.28. The van der Waals surface area contributed by atoms with Crippen molar-refractivity contribution in [2.45, 2.75) is 58.0 Å². The molecule has 1 heterocycles. The van der Waals surface area contributed by atoms with Crippen LogP contribution < -0.4 is 0 Å². The molecule has 1 unspecified atom stereocenters. The predicted octanol–water partition coefficient (Wildman–Crippen LogP) is 3.98. The number of nitrogens with zero attached hydrogens (tertiary/aromatic N) is 1. The first-order valence-electron chi connectivity index (χ1n) is 6.60. The van der Waals surface area contributed by atoms with Crippen LogP contribution in [-0.2, 0) is 12.8 Å². The van der Waals surface area contributed by atoms with Gasteiger partial charge in [0, 0.05) is 18.0 Å². The van der Waals surface area contributed by atoms with Crippen LogP contribution >= 0.6 is 0 Å². The first-order chi connectivity index (χ1) is 8.45. The zero-order valence-electron chi connectivity index (χ0n) is 10.8. The van der Waals surface area contributed by atoms with E-state index in [0.717, 1.165) is 24.4 Å². The normalized spacial score (nSPS) is 20.2. The average Bonchev–Trinajstić information content (AvgIpc) is 2.71. The van der Waals surface area contributed by atoms with Gasteiger partial charge in [-0.2, -0.15) is 13.2 Å². The Morgan fingerprint density at radius 2 is 2.00 bits per heavy atom. The molecule has 1 aliphatic carbocycles. The highest BCUT2D eigenvalue weighted by Gasteiger charge is 2.42. The summed E-state index contributed by atoms with van der Waals surface area (Å²) in [4.78, 5) is 7.61. The Morgan fingerprint density at radius 3 is 2.56 bits per heavy atom. The third kappa shape index (κ3) is 2.54. The summed E-state index contributed by atoms with van der Waals surface area (Å²) in [5.74, 6) is -0.00670. The number of H-pyrrole nitrogens is 1. The van der Waals surface area contributed by atoms with Gasteiger partial charge in [-0.05, 0) is 25.7 Å². The summed E-state index contributed by atoms with van der Waals surface area (Å²) in [6, 6.07) is 0. The minimum absolute atomic E-state index is 0.0615. The second-order valence-corrected chi connectivity index (χ2v) is 5.04. The Hall–Kier alpha value is -1.00. The molecule has 2 nitrogen and oxygen atoms in total. The number of imidazole rings is 1. The predicted molar refractivity (Wildman–Crippen MR) is 63.5 cm³/mol. The molecule has 5 heteroatoms. The van der Waals surface area contributed by atoms with Gasteiger partial charge in [0.05, 0.1) is 11.6 Å². The number of alkyl halides is 3. The molecule has 0 bridgehead atoms. The minimum Gasteiger partial charge on any atom is -0.345 e. The molecule has 0 amide bonds. The fourth-order valence-corrected chi connectivity index (χ4v) is 2.65. The van der Waals surface area contributed by atoms with Crippen molar-refractivity contribution in [2.24, 2.45) is 5.92 Å². The molecule has 1 N–H and O–H groups in total. The Labute approximate surface area is 105 Å². The van der Waals surface area contributed by atoms with Gasteiger partial charge < -0.3 is 4.98 Å². The van der Waals surface area contributed by atoms with Crippen molar-refractivity contribution < 1.29 is 13.2 Å². The van der Waals surface area contributed by atoms with E-state index in [4.69, 9.17) is 0 Å². The number of hydrogen-bond donors (Lipinski definition) is 1. The van der Waals surface area contributed by atoms with Crippen LogP contribution in [0.2, 0.25) is 0 Å². The van der Waals surface area contributed by atoms with E-state index in [-0.39, 0.29) is 12.8 Å². The summed E-state index contributed by atoms with van der Waals surface area (Å²) in [6.45, 7) is 4.16. The standard InChI is InChI=1S/C13H19F3N2/c1-3-8(4-2)12-17-10-6-5-9(13(14,15)16)7-11(10)18-12/h8-9H,3-7H2,1-2H3,(H,17,18). The molecule has 1 aliphatic rings. The number of aromatic amines is 1. The van der Waals surface area contributed by atoms with E-state index in [1.54, 1.807) is 0 Å². The van der Waals surface area contributed by atoms with Crippen molar-refractivity contribution in [1.29, 1.82) is 0 Å². The van der Waals surface area contributed by atoms with Crippen LogP contribution in [0.25, 0.3) is 0 Å². The molecule has 1 aromatic rings. The molecule has 0 radical (unpaired) electrons. The SMILES string of the molecule is CCC(CC)c1nc2c([nH]1)CC(C(F)(F)F)CC2. The van der Waals surface area contributed by atoms with Crippen LogP contribution in [0, 0.1) is 5.92 Å². The smallest absolute Gasteiger partial charge is 0.345 e. The van der Waals surface area contributed by atoms with Gasteiger partial charge in [-0.25, -0.2) is 4.98 Å². The third-order valence-electron chi connectivity index (χ3n) is 3.90. The maximum absolute atomic E-state index is 12.7. The van der Waals surface area contributed by atoms with Crippen LogP contribution in [0.5, 0.6) is 0 Å². The molecular weight excluding hydrogens is 241 g/mol. The summed E-state index contributed by atoms with van der Waals surface area (Å²) in [5, 5.41) is 0. The Bertz CT molecular complexity index is 405. The molecule has 0 spiro atoms. The van der Waals surface area contributed by atoms with E-state index in [2.05, 4.69) is 23.8 Å². The number of aromatic nitrogens is 2. The highest BCUT2D eigenvalue weighted by molar-refractivity contribution is 5.20. The number of aryl methyl sites for hydroxylation is 1. The zero-order chi connectivity index (χ0) is 13.3. The van der Waals surface area contributed by atoms with Gasteiger partial charge in [0.25, 0.3) is 0 Å². The summed E-state index contributed by atoms with van der Waals surface area (Å²) in [5.41, 5.74) is 1.54. The second-order valence-electron chi connectivity index (χ2n) is 5.04. The maximum Gasteiger partial charge on any atom is 0.392 e. The van der Waals surface area contributed by atoms with Crippen molar-refractivity contribution in [3.63, 3.8) is 0 Å². The number of fused-ring (bicyclic) bond motifs is 1. The lowest BCUT2D eigenvalue weighted by atomic mass is 9.89. The summed E-state index contributed by atoms with van der Waals surface area (Å²) < 4.78 is 38.1. The van der Waals surface area contributed by atoms with Crippen molar-refractivity contribution in [2.75, 3.05) is 0 Å². The van der Waals surface area contributed by atoms with Gasteiger partial charge in [0.15, 0.2) is 0 Å². The molecule has 0 fully saturated rings. The Kier molecular flexibility index (Phi) is 3.69. The lowest BCUT2D eigenvalue weighted by molar-refractivity contribution is -0.177. The molecule has 0 saturated carbocycles. The largest absolute Gasteiger partial charge is 0.392 e. The van der Waals surface area contributed by atoms with Crippen molar-refractivity contribution in [1.82, 2.24) is 9.97 Å². The quantitative estimate of drug-likeness (QED) is 0.875. The molecule has 102 valence electrons. The number of halogens is 3. The molecule has 2 rings (SSSR count). The van der Waals surface area contributed by atoms with E-state index in [9.17, 15) is 13.2 Å². The lowest BCUT2D eigenvalue weighted by Gasteiger charge is -2.23. The van der Waals surface area contributed by atoms with E-state index in [1.165, 1.54) is 0 Å². The topological polar surface area (TPSA) is 28.7 Å². The average molecular weight is 260 g/mol. The molecule has 0 aliphatic heterocycles. The number of hydrogen-bond acceptors (Lipinski definition) is 1. The van der Waals surface area contributed by atoms with Crippen molar-refractivity contribution in [3.8, 4) is 0 Å². The van der Waals surface area contributed by atoms with Gasteiger partial charge in [-0.3, -0.25) is 0 Å². The van der Waals surface area contributed by atoms with Crippen molar-refractivity contribution >= 4 is 0 Å². The van der Waals surface area contributed by atoms with Gasteiger partial charge in [0.2, 0.25) is 0 Å². The Morgan fingerprint density at radius 1 is 1.33 bits per heavy atom. The highest BCUT2D eigenvalue weighted by atomic mass is 19.4. The van der Waals surface area contributed by atoms with Gasteiger partial charge in [-0.15, -0.1) is 0 Å². The van der Waals surface area contributed by atoms with Crippen LogP contribution in [0.15, 0.2) is 0 Å². The fraction of sp³-hybridized carbons (Fsp3) is 0.769. The Balaban J connectivity index is 2.19. The first-order valence-corrected chi connectivity index (χ1v) is 6.60. The van der Waals surface area contributed by atoms with Crippen LogP contribution in [0.4, 0.5) is 13.2 Å². The molecule has 0 aromatic carbocycles. The second kappa shape index (κ2) is 4.94. The van der Waals surface area contributed by atoms with E-state index in [1.807, 2.05) is 0 Å². The highest BCUT2D eigenvalue weighted by Crippen LogP contribution is 2.37. The van der Waals surface area contributed by atoms with E-state index >= 15 is 0 Å². The zero-order valence-corrected chi connectivity index (χ0v) is 10.8. The number of nitrogens with one attached hydrogen (secondary N) is 1. The van der Waals surface area contributed by atoms with Crippen LogP contribution in [-0.4, -0.2) is 16.1 Å². The molecular formula is C13H19F3N2. The number of rotatable bonds is 3. The summed E-state index contributed by atoms with van der Waals surface area (Å²) in [6.07, 6.45) is -1.49. The van der Waals surface area contributed by atoms with E-state index in [0.29, 0.717) is 18.0 Å². The maximum atomic E-state index is 12.7. The third-order valence-corrected chi connectivity index (χ3v) is 3.90. The molecule has 18 heavy (non-hydrogen) atoms. The van der Waals surface area contributed by atoms with E-state index < -0.39 is 12.1 Å².